The number of carboxylic acids is 1. The Hall–Kier alpha value is -2.87. The van der Waals surface area contributed by atoms with Gasteiger partial charge in [-0.1, -0.05) is 0 Å². The van der Waals surface area contributed by atoms with E-state index in [0.717, 1.165) is 4.90 Å². The zero-order valence-corrected chi connectivity index (χ0v) is 13.8. The van der Waals surface area contributed by atoms with Crippen LogP contribution in [0.15, 0.2) is 47.6 Å². The minimum absolute atomic E-state index is 0.0582. The van der Waals surface area contributed by atoms with E-state index >= 15 is 0 Å². The largest absolute Gasteiger partial charge is 0.481 e. The molecule has 1 N–H and O–H groups in total. The van der Waals surface area contributed by atoms with Crippen LogP contribution >= 0.6 is 11.8 Å². The first kappa shape index (κ1) is 16.0. The predicted octanol–water partition coefficient (Wildman–Crippen LogP) is 2.76. The molecule has 7 nitrogen and oxygen atoms in total. The Morgan fingerprint density at radius 3 is 2.71 bits per heavy atom. The van der Waals surface area contributed by atoms with E-state index in [-0.39, 0.29) is 5.69 Å². The lowest BCUT2D eigenvalue weighted by Gasteiger charge is -2.08. The molecule has 0 aliphatic rings. The van der Waals surface area contributed by atoms with Gasteiger partial charge in [-0.15, -0.1) is 11.8 Å². The third kappa shape index (κ3) is 3.09. The van der Waals surface area contributed by atoms with Crippen molar-refractivity contribution in [2.24, 2.45) is 0 Å². The van der Waals surface area contributed by atoms with Gasteiger partial charge in [-0.05, 0) is 24.5 Å². The molecule has 0 amide bonds. The highest BCUT2D eigenvalue weighted by atomic mass is 32.2. The van der Waals surface area contributed by atoms with E-state index in [1.54, 1.807) is 36.3 Å². The van der Waals surface area contributed by atoms with E-state index in [0.29, 0.717) is 23.0 Å². The summed E-state index contributed by atoms with van der Waals surface area (Å²) in [7, 11) is 1.53. The van der Waals surface area contributed by atoms with Gasteiger partial charge < -0.3 is 9.84 Å². The van der Waals surface area contributed by atoms with E-state index in [1.807, 2.05) is 18.4 Å². The summed E-state index contributed by atoms with van der Waals surface area (Å²) < 4.78 is 6.56. The van der Waals surface area contributed by atoms with Crippen molar-refractivity contribution in [2.45, 2.75) is 4.90 Å². The smallest absolute Gasteiger partial charge is 0.356 e. The number of rotatable bonds is 5. The molecular formula is C16H14N4O3S. The van der Waals surface area contributed by atoms with Crippen molar-refractivity contribution in [1.29, 1.82) is 0 Å². The molecule has 0 saturated heterocycles. The lowest BCUT2D eigenvalue weighted by molar-refractivity contribution is 0.0690. The van der Waals surface area contributed by atoms with E-state index in [1.165, 1.54) is 17.9 Å². The van der Waals surface area contributed by atoms with Gasteiger partial charge in [0.05, 0.1) is 30.4 Å². The third-order valence-electron chi connectivity index (χ3n) is 3.33. The first-order valence-electron chi connectivity index (χ1n) is 6.96. The maximum atomic E-state index is 11.3. The van der Waals surface area contributed by atoms with Crippen molar-refractivity contribution in [3.05, 3.63) is 48.4 Å². The van der Waals surface area contributed by atoms with Crippen molar-refractivity contribution >= 4 is 17.7 Å². The molecule has 0 radical (unpaired) electrons. The van der Waals surface area contributed by atoms with Crippen LogP contribution in [0.25, 0.3) is 17.1 Å². The maximum Gasteiger partial charge on any atom is 0.356 e. The number of carboxylic acid groups (broad SMARTS) is 1. The van der Waals surface area contributed by atoms with E-state index < -0.39 is 5.97 Å². The fourth-order valence-corrected chi connectivity index (χ4v) is 2.59. The van der Waals surface area contributed by atoms with Gasteiger partial charge in [0.15, 0.2) is 5.69 Å². The molecule has 0 fully saturated rings. The number of carbonyl (C=O) groups is 1. The highest BCUT2D eigenvalue weighted by molar-refractivity contribution is 7.98. The Bertz CT molecular complexity index is 877. The van der Waals surface area contributed by atoms with Gasteiger partial charge in [0, 0.05) is 23.2 Å². The van der Waals surface area contributed by atoms with Gasteiger partial charge in [0.1, 0.15) is 0 Å². The second-order valence-corrected chi connectivity index (χ2v) is 5.65. The molecular weight excluding hydrogens is 328 g/mol. The van der Waals surface area contributed by atoms with Crippen LogP contribution in [0.3, 0.4) is 0 Å². The summed E-state index contributed by atoms with van der Waals surface area (Å²) in [6, 6.07) is 8.72. The Morgan fingerprint density at radius 2 is 2.08 bits per heavy atom. The summed E-state index contributed by atoms with van der Waals surface area (Å²) in [5.41, 5.74) is 1.78. The van der Waals surface area contributed by atoms with Gasteiger partial charge in [0.25, 0.3) is 0 Å². The fourth-order valence-electron chi connectivity index (χ4n) is 2.16. The molecule has 122 valence electrons. The monoisotopic (exact) mass is 342 g/mol. The summed E-state index contributed by atoms with van der Waals surface area (Å²) in [6.07, 6.45) is 5.22. The fraction of sp³-hybridized carbons (Fsp3) is 0.125. The van der Waals surface area contributed by atoms with E-state index in [4.69, 9.17) is 4.74 Å². The average molecular weight is 342 g/mol. The maximum absolute atomic E-state index is 11.3. The van der Waals surface area contributed by atoms with E-state index in [2.05, 4.69) is 15.1 Å². The standard InChI is InChI=1S/C16H14N4O3S/c1-23-15-4-3-10(9-18-15)20-14(8-13(19-20)16(21)22)12-7-11(24-2)5-6-17-12/h3-9H,1-2H3,(H,21,22). The van der Waals surface area contributed by atoms with Gasteiger partial charge in [-0.25, -0.2) is 14.5 Å². The van der Waals surface area contributed by atoms with Crippen LogP contribution in [0.5, 0.6) is 5.88 Å². The molecule has 0 aliphatic heterocycles. The van der Waals surface area contributed by atoms with Crippen LogP contribution in [-0.2, 0) is 0 Å². The zero-order chi connectivity index (χ0) is 17.1. The molecule has 0 bridgehead atoms. The molecule has 0 unspecified atom stereocenters. The molecule has 3 heterocycles. The van der Waals surface area contributed by atoms with Gasteiger partial charge in [-0.2, -0.15) is 5.10 Å². The quantitative estimate of drug-likeness (QED) is 0.713. The number of hydrogen-bond acceptors (Lipinski definition) is 6. The molecule has 0 spiro atoms. The molecule has 0 aromatic carbocycles. The summed E-state index contributed by atoms with van der Waals surface area (Å²) in [4.78, 5) is 20.8. The number of thioether (sulfide) groups is 1. The zero-order valence-electron chi connectivity index (χ0n) is 13.0. The van der Waals surface area contributed by atoms with Crippen molar-refractivity contribution < 1.29 is 14.6 Å². The number of ether oxygens (including phenoxy) is 1. The minimum atomic E-state index is -1.10. The summed E-state index contributed by atoms with van der Waals surface area (Å²) in [5.74, 6) is -0.633. The van der Waals surface area contributed by atoms with E-state index in [9.17, 15) is 9.90 Å². The molecule has 0 aliphatic carbocycles. The van der Waals surface area contributed by atoms with Crippen molar-refractivity contribution in [3.63, 3.8) is 0 Å². The van der Waals surface area contributed by atoms with Crippen LogP contribution in [-0.4, -0.2) is 44.2 Å². The first-order valence-corrected chi connectivity index (χ1v) is 8.19. The second kappa shape index (κ2) is 6.71. The Kier molecular flexibility index (Phi) is 4.48. The highest BCUT2D eigenvalue weighted by Gasteiger charge is 2.17. The Morgan fingerprint density at radius 1 is 1.25 bits per heavy atom. The molecule has 3 aromatic heterocycles. The van der Waals surface area contributed by atoms with Gasteiger partial charge in [-0.3, -0.25) is 4.98 Å². The average Bonchev–Trinajstić information content (AvgIpc) is 3.07. The molecule has 3 rings (SSSR count). The summed E-state index contributed by atoms with van der Waals surface area (Å²) in [5, 5.41) is 13.4. The second-order valence-electron chi connectivity index (χ2n) is 4.77. The summed E-state index contributed by atoms with van der Waals surface area (Å²) >= 11 is 1.58. The SMILES string of the molecule is COc1ccc(-n2nc(C(=O)O)cc2-c2cc(SC)ccn2)cn1. The van der Waals surface area contributed by atoms with Crippen LogP contribution in [0.4, 0.5) is 0 Å². The molecule has 3 aromatic rings. The minimum Gasteiger partial charge on any atom is -0.481 e. The molecule has 24 heavy (non-hydrogen) atoms. The third-order valence-corrected chi connectivity index (χ3v) is 4.06. The van der Waals surface area contributed by atoms with Crippen LogP contribution in [0.2, 0.25) is 0 Å². The lowest BCUT2D eigenvalue weighted by Crippen LogP contribution is -2.03. The Balaban J connectivity index is 2.14. The van der Waals surface area contributed by atoms with Crippen molar-refractivity contribution in [2.75, 3.05) is 13.4 Å². The lowest BCUT2D eigenvalue weighted by atomic mass is 10.2. The molecule has 0 saturated carbocycles. The molecule has 8 heteroatoms. The number of aromatic carboxylic acids is 1. The van der Waals surface area contributed by atoms with Crippen LogP contribution < -0.4 is 4.74 Å². The molecule has 0 atom stereocenters. The normalized spacial score (nSPS) is 10.6. The topological polar surface area (TPSA) is 90.1 Å². The number of pyridine rings is 2. The highest BCUT2D eigenvalue weighted by Crippen LogP contribution is 2.26. The first-order chi connectivity index (χ1) is 11.6. The van der Waals surface area contributed by atoms with Crippen LogP contribution in [0.1, 0.15) is 10.5 Å². The van der Waals surface area contributed by atoms with Gasteiger partial charge >= 0.3 is 5.97 Å². The number of nitrogens with zero attached hydrogens (tertiary/aromatic N) is 4. The predicted molar refractivity (Wildman–Crippen MR) is 89.9 cm³/mol. The Labute approximate surface area is 142 Å². The summed E-state index contributed by atoms with van der Waals surface area (Å²) in [6.45, 7) is 0. The van der Waals surface area contributed by atoms with Gasteiger partial charge in [0.2, 0.25) is 5.88 Å². The van der Waals surface area contributed by atoms with Crippen LogP contribution in [0, 0.1) is 0 Å². The van der Waals surface area contributed by atoms with Crippen molar-refractivity contribution in [3.8, 4) is 23.0 Å². The number of methoxy groups -OCH3 is 1. The number of aromatic nitrogens is 4. The van der Waals surface area contributed by atoms with Crippen molar-refractivity contribution in [1.82, 2.24) is 19.7 Å². The number of hydrogen-bond donors (Lipinski definition) is 1.